The van der Waals surface area contributed by atoms with Gasteiger partial charge in [-0.25, -0.2) is 23.4 Å². The van der Waals surface area contributed by atoms with Crippen LogP contribution in [-0.4, -0.2) is 29.9 Å². The van der Waals surface area contributed by atoms with Crippen LogP contribution >= 0.6 is 0 Å². The van der Waals surface area contributed by atoms with Crippen molar-refractivity contribution in [1.82, 2.24) is 29.9 Å². The summed E-state index contributed by atoms with van der Waals surface area (Å²) >= 11 is 0. The Bertz CT molecular complexity index is 2220. The van der Waals surface area contributed by atoms with Crippen molar-refractivity contribution in [2.45, 2.75) is 19.9 Å². The topological polar surface area (TPSA) is 129 Å². The highest BCUT2D eigenvalue weighted by atomic mass is 19.1. The number of nitrogen functional groups attached to an aromatic ring is 1. The standard InChI is InChI=1S/C30H21F2N7O2/c1-14-19-10-9-17(12-21(19)37-36-14)26-25-29(33)34-13-35-30(25)39(38-26)15(2)28-23(16-5-3-6-18(31)11-16)27(40)24-20(32)7-4-8-22(24)41-28/h3-13,15H,1-2H3,(H,36,37)(H2,33,34,35)/t15-/m0/s1. The number of hydrogen-bond acceptors (Lipinski definition) is 7. The van der Waals surface area contributed by atoms with Gasteiger partial charge < -0.3 is 10.2 Å². The molecule has 0 spiro atoms. The Morgan fingerprint density at radius 3 is 2.66 bits per heavy atom. The lowest BCUT2D eigenvalue weighted by molar-refractivity contribution is 0.445. The molecule has 4 heterocycles. The fourth-order valence-corrected chi connectivity index (χ4v) is 5.31. The second-order valence-electron chi connectivity index (χ2n) is 9.79. The molecule has 11 heteroatoms. The maximum absolute atomic E-state index is 14.8. The fraction of sp³-hybridized carbons (Fsp3) is 0.100. The lowest BCUT2D eigenvalue weighted by Gasteiger charge is -2.17. The third-order valence-corrected chi connectivity index (χ3v) is 7.30. The Hall–Kier alpha value is -5.45. The van der Waals surface area contributed by atoms with Crippen LogP contribution in [0.25, 0.3) is 55.3 Å². The largest absolute Gasteiger partial charge is 0.458 e. The molecular formula is C30H21F2N7O2. The van der Waals surface area contributed by atoms with Crippen LogP contribution in [0, 0.1) is 18.6 Å². The molecule has 3 N–H and O–H groups in total. The van der Waals surface area contributed by atoms with Gasteiger partial charge in [-0.1, -0.05) is 30.3 Å². The molecule has 202 valence electrons. The molecule has 0 fully saturated rings. The molecule has 3 aromatic carbocycles. The van der Waals surface area contributed by atoms with Crippen molar-refractivity contribution < 1.29 is 13.2 Å². The number of rotatable bonds is 4. The van der Waals surface area contributed by atoms with Crippen molar-refractivity contribution >= 4 is 38.7 Å². The van der Waals surface area contributed by atoms with Crippen LogP contribution in [0.4, 0.5) is 14.6 Å². The Morgan fingerprint density at radius 2 is 1.83 bits per heavy atom. The normalized spacial score (nSPS) is 12.5. The number of aryl methyl sites for hydroxylation is 1. The van der Waals surface area contributed by atoms with Gasteiger partial charge in [-0.15, -0.1) is 0 Å². The highest BCUT2D eigenvalue weighted by Gasteiger charge is 2.28. The molecule has 7 aromatic rings. The average Bonchev–Trinajstić information content (AvgIpc) is 3.54. The monoisotopic (exact) mass is 549 g/mol. The predicted molar refractivity (Wildman–Crippen MR) is 151 cm³/mol. The van der Waals surface area contributed by atoms with E-state index in [1.54, 1.807) is 17.7 Å². The highest BCUT2D eigenvalue weighted by Crippen LogP contribution is 2.37. The van der Waals surface area contributed by atoms with Crippen molar-refractivity contribution in [3.63, 3.8) is 0 Å². The quantitative estimate of drug-likeness (QED) is 0.279. The minimum absolute atomic E-state index is 0.0242. The molecule has 0 aliphatic rings. The number of benzene rings is 3. The molecule has 0 aliphatic heterocycles. The molecule has 7 rings (SSSR count). The maximum Gasteiger partial charge on any atom is 0.203 e. The van der Waals surface area contributed by atoms with Crippen molar-refractivity contribution in [2.24, 2.45) is 0 Å². The number of nitrogens with zero attached hydrogens (tertiary/aromatic N) is 5. The highest BCUT2D eigenvalue weighted by molar-refractivity contribution is 6.00. The SMILES string of the molecule is Cc1n[nH]c2cc(-c3nn([C@@H](C)c4oc5cccc(F)c5c(=O)c4-c4cccc(F)c4)c4ncnc(N)c34)ccc12. The molecule has 0 radical (unpaired) electrons. The summed E-state index contributed by atoms with van der Waals surface area (Å²) in [7, 11) is 0. The fourth-order valence-electron chi connectivity index (χ4n) is 5.31. The molecule has 41 heavy (non-hydrogen) atoms. The number of anilines is 1. The van der Waals surface area contributed by atoms with Crippen molar-refractivity contribution in [3.05, 3.63) is 100 Å². The summed E-state index contributed by atoms with van der Waals surface area (Å²) in [6.07, 6.45) is 1.33. The molecule has 4 aromatic heterocycles. The number of aromatic nitrogens is 6. The van der Waals surface area contributed by atoms with E-state index in [0.29, 0.717) is 16.7 Å². The number of aromatic amines is 1. The first kappa shape index (κ1) is 24.6. The molecule has 9 nitrogen and oxygen atoms in total. The molecule has 0 amide bonds. The molecule has 0 saturated carbocycles. The Morgan fingerprint density at radius 1 is 1.00 bits per heavy atom. The van der Waals surface area contributed by atoms with Crippen molar-refractivity contribution in [2.75, 3.05) is 5.73 Å². The van der Waals surface area contributed by atoms with Gasteiger partial charge in [0, 0.05) is 10.9 Å². The van der Waals surface area contributed by atoms with E-state index in [2.05, 4.69) is 20.2 Å². The van der Waals surface area contributed by atoms with Crippen LogP contribution < -0.4 is 11.2 Å². The summed E-state index contributed by atoms with van der Waals surface area (Å²) in [6, 6.07) is 14.7. The van der Waals surface area contributed by atoms with Crippen LogP contribution in [0.3, 0.4) is 0 Å². The summed E-state index contributed by atoms with van der Waals surface area (Å²) in [5.41, 5.74) is 9.38. The Labute approximate surface area is 230 Å². The van der Waals surface area contributed by atoms with Gasteiger partial charge in [-0.3, -0.25) is 9.89 Å². The minimum Gasteiger partial charge on any atom is -0.458 e. The lowest BCUT2D eigenvalue weighted by Crippen LogP contribution is -2.17. The van der Waals surface area contributed by atoms with E-state index in [0.717, 1.165) is 22.2 Å². The van der Waals surface area contributed by atoms with Gasteiger partial charge in [-0.05, 0) is 49.7 Å². The number of H-pyrrole nitrogens is 1. The first-order valence-electron chi connectivity index (χ1n) is 12.8. The molecule has 0 bridgehead atoms. The van der Waals surface area contributed by atoms with E-state index < -0.39 is 23.1 Å². The van der Waals surface area contributed by atoms with E-state index in [9.17, 15) is 13.6 Å². The zero-order chi connectivity index (χ0) is 28.4. The zero-order valence-corrected chi connectivity index (χ0v) is 21.8. The Kier molecular flexibility index (Phi) is 5.43. The van der Waals surface area contributed by atoms with E-state index in [1.807, 2.05) is 25.1 Å². The van der Waals surface area contributed by atoms with Gasteiger partial charge in [0.1, 0.15) is 52.2 Å². The van der Waals surface area contributed by atoms with Gasteiger partial charge in [-0.2, -0.15) is 10.2 Å². The van der Waals surface area contributed by atoms with Crippen LogP contribution in [0.5, 0.6) is 0 Å². The summed E-state index contributed by atoms with van der Waals surface area (Å²) in [5.74, 6) is -0.904. The van der Waals surface area contributed by atoms with Gasteiger partial charge in [0.2, 0.25) is 5.43 Å². The van der Waals surface area contributed by atoms with Gasteiger partial charge in [0.25, 0.3) is 0 Å². The maximum atomic E-state index is 14.8. The number of fused-ring (bicyclic) bond motifs is 3. The van der Waals surface area contributed by atoms with Crippen LogP contribution in [0.2, 0.25) is 0 Å². The van der Waals surface area contributed by atoms with Crippen LogP contribution in [-0.2, 0) is 0 Å². The zero-order valence-electron chi connectivity index (χ0n) is 21.8. The predicted octanol–water partition coefficient (Wildman–Crippen LogP) is 5.92. The third kappa shape index (κ3) is 3.77. The van der Waals surface area contributed by atoms with Crippen molar-refractivity contribution in [3.8, 4) is 22.4 Å². The summed E-state index contributed by atoms with van der Waals surface area (Å²) < 4.78 is 37.0. The van der Waals surface area contributed by atoms with E-state index >= 15 is 0 Å². The number of nitrogens with two attached hydrogens (primary N) is 1. The smallest absolute Gasteiger partial charge is 0.203 e. The average molecular weight is 550 g/mol. The van der Waals surface area contributed by atoms with E-state index in [-0.39, 0.29) is 33.7 Å². The van der Waals surface area contributed by atoms with Crippen LogP contribution in [0.15, 0.2) is 76.2 Å². The number of halogens is 2. The molecule has 0 saturated heterocycles. The van der Waals surface area contributed by atoms with E-state index in [4.69, 9.17) is 15.2 Å². The van der Waals surface area contributed by atoms with Crippen LogP contribution in [0.1, 0.15) is 24.4 Å². The molecule has 0 unspecified atom stereocenters. The second kappa shape index (κ2) is 9.05. The molecular weight excluding hydrogens is 528 g/mol. The lowest BCUT2D eigenvalue weighted by atomic mass is 9.99. The van der Waals surface area contributed by atoms with Gasteiger partial charge in [0.15, 0.2) is 5.65 Å². The summed E-state index contributed by atoms with van der Waals surface area (Å²) in [4.78, 5) is 22.4. The Balaban J connectivity index is 1.50. The summed E-state index contributed by atoms with van der Waals surface area (Å²) in [5, 5.41) is 13.4. The minimum atomic E-state index is -0.752. The van der Waals surface area contributed by atoms with E-state index in [1.165, 1.54) is 42.7 Å². The van der Waals surface area contributed by atoms with Crippen molar-refractivity contribution in [1.29, 1.82) is 0 Å². The second-order valence-corrected chi connectivity index (χ2v) is 9.79. The summed E-state index contributed by atoms with van der Waals surface area (Å²) in [6.45, 7) is 3.68. The van der Waals surface area contributed by atoms with Gasteiger partial charge in [0.05, 0.1) is 22.2 Å². The molecule has 1 atom stereocenters. The number of hydrogen-bond donors (Lipinski definition) is 2. The van der Waals surface area contributed by atoms with Gasteiger partial charge >= 0.3 is 0 Å². The third-order valence-electron chi connectivity index (χ3n) is 7.30. The number of nitrogens with one attached hydrogen (secondary N) is 1. The first-order chi connectivity index (χ1) is 19.8. The first-order valence-corrected chi connectivity index (χ1v) is 12.8. The molecule has 0 aliphatic carbocycles.